The number of guanidine groups is 1. The number of halogens is 3. The third-order valence-electron chi connectivity index (χ3n) is 4.81. The molecule has 1 unspecified atom stereocenters. The van der Waals surface area contributed by atoms with Crippen LogP contribution in [0.25, 0.3) is 0 Å². The van der Waals surface area contributed by atoms with Gasteiger partial charge in [0.2, 0.25) is 0 Å². The van der Waals surface area contributed by atoms with Gasteiger partial charge in [-0.25, -0.2) is 0 Å². The van der Waals surface area contributed by atoms with E-state index in [9.17, 15) is 13.2 Å². The molecule has 1 aromatic carbocycles. The van der Waals surface area contributed by atoms with Crippen molar-refractivity contribution in [3.8, 4) is 5.75 Å². The van der Waals surface area contributed by atoms with Gasteiger partial charge in [-0.2, -0.15) is 0 Å². The van der Waals surface area contributed by atoms with Crippen molar-refractivity contribution in [3.63, 3.8) is 0 Å². The molecule has 1 atom stereocenters. The Balaban J connectivity index is 1.47. The lowest BCUT2D eigenvalue weighted by Crippen LogP contribution is -2.40. The number of hydrogen-bond donors (Lipinski definition) is 2. The van der Waals surface area contributed by atoms with Crippen molar-refractivity contribution in [1.29, 1.82) is 0 Å². The minimum atomic E-state index is -4.70. The Hall–Kier alpha value is -1.96. The quantitative estimate of drug-likeness (QED) is 0.597. The number of nitrogens with one attached hydrogen (secondary N) is 2. The minimum absolute atomic E-state index is 0.196. The summed E-state index contributed by atoms with van der Waals surface area (Å²) in [5, 5.41) is 6.34. The van der Waals surface area contributed by atoms with Gasteiger partial charge in [0.15, 0.2) is 5.96 Å². The molecule has 2 N–H and O–H groups in total. The lowest BCUT2D eigenvalue weighted by atomic mass is 10.1. The first-order chi connectivity index (χ1) is 12.4. The molecule has 1 saturated carbocycles. The Kier molecular flexibility index (Phi) is 5.90. The Morgan fingerprint density at radius 3 is 2.69 bits per heavy atom. The number of para-hydroxylation sites is 1. The van der Waals surface area contributed by atoms with Gasteiger partial charge in [0.05, 0.1) is 0 Å². The molecule has 2 aliphatic rings. The van der Waals surface area contributed by atoms with E-state index < -0.39 is 6.36 Å². The highest BCUT2D eigenvalue weighted by Crippen LogP contribution is 2.31. The Labute approximate surface area is 151 Å². The number of ether oxygens (including phenoxy) is 1. The molecule has 0 aromatic heterocycles. The largest absolute Gasteiger partial charge is 0.573 e. The molecular formula is C18H25F3N4O. The van der Waals surface area contributed by atoms with Crippen LogP contribution in [0.2, 0.25) is 0 Å². The fourth-order valence-electron chi connectivity index (χ4n) is 3.32. The third-order valence-corrected chi connectivity index (χ3v) is 4.81. The van der Waals surface area contributed by atoms with E-state index >= 15 is 0 Å². The number of benzene rings is 1. The topological polar surface area (TPSA) is 48.9 Å². The van der Waals surface area contributed by atoms with Gasteiger partial charge in [0.25, 0.3) is 0 Å². The summed E-state index contributed by atoms with van der Waals surface area (Å²) in [6, 6.07) is 6.91. The van der Waals surface area contributed by atoms with Crippen molar-refractivity contribution >= 4 is 5.96 Å². The molecule has 1 heterocycles. The van der Waals surface area contributed by atoms with Crippen molar-refractivity contribution in [2.75, 3.05) is 26.7 Å². The summed E-state index contributed by atoms with van der Waals surface area (Å²) in [7, 11) is 1.65. The van der Waals surface area contributed by atoms with Gasteiger partial charge in [0.1, 0.15) is 5.75 Å². The number of likely N-dealkylation sites (tertiary alicyclic amines) is 1. The Morgan fingerprint density at radius 2 is 2.00 bits per heavy atom. The van der Waals surface area contributed by atoms with Crippen LogP contribution in [-0.4, -0.2) is 49.9 Å². The average Bonchev–Trinajstić information content (AvgIpc) is 3.34. The van der Waals surface area contributed by atoms with Crippen LogP contribution in [0.5, 0.6) is 5.75 Å². The van der Waals surface area contributed by atoms with Gasteiger partial charge >= 0.3 is 6.36 Å². The normalized spacial score (nSPS) is 21.7. The van der Waals surface area contributed by atoms with Crippen molar-refractivity contribution in [3.05, 3.63) is 29.8 Å². The van der Waals surface area contributed by atoms with Gasteiger partial charge in [-0.05, 0) is 37.8 Å². The second-order valence-corrected chi connectivity index (χ2v) is 6.84. The van der Waals surface area contributed by atoms with Crippen LogP contribution in [0.15, 0.2) is 29.3 Å². The van der Waals surface area contributed by atoms with Crippen LogP contribution >= 0.6 is 0 Å². The van der Waals surface area contributed by atoms with E-state index in [2.05, 4.69) is 25.3 Å². The zero-order chi connectivity index (χ0) is 18.6. The van der Waals surface area contributed by atoms with E-state index in [-0.39, 0.29) is 12.3 Å². The second-order valence-electron chi connectivity index (χ2n) is 6.84. The Morgan fingerprint density at radius 1 is 1.23 bits per heavy atom. The molecule has 0 spiro atoms. The van der Waals surface area contributed by atoms with Gasteiger partial charge in [-0.15, -0.1) is 13.2 Å². The maximum atomic E-state index is 12.5. The highest BCUT2D eigenvalue weighted by atomic mass is 19.4. The maximum absolute atomic E-state index is 12.5. The summed E-state index contributed by atoms with van der Waals surface area (Å²) in [5.74, 6) is 0.963. The standard InChI is InChI=1S/C18H25F3N4O/c1-22-17(23-10-13-8-9-25(12-13)15-6-7-15)24-11-14-4-2-3-5-16(14)26-18(19,20)21/h2-5,13,15H,6-12H2,1H3,(H2,22,23,24). The number of alkyl halides is 3. The number of aliphatic imine (C=N–C) groups is 1. The predicted octanol–water partition coefficient (Wildman–Crippen LogP) is 2.73. The molecule has 0 amide bonds. The lowest BCUT2D eigenvalue weighted by Gasteiger charge is -2.18. The van der Waals surface area contributed by atoms with Gasteiger partial charge < -0.3 is 20.3 Å². The van der Waals surface area contributed by atoms with Crippen molar-refractivity contribution in [1.82, 2.24) is 15.5 Å². The second kappa shape index (κ2) is 8.16. The number of hydrogen-bond acceptors (Lipinski definition) is 3. The van der Waals surface area contributed by atoms with E-state index in [4.69, 9.17) is 0 Å². The molecule has 1 aromatic rings. The minimum Gasteiger partial charge on any atom is -0.405 e. The molecular weight excluding hydrogens is 345 g/mol. The van der Waals surface area contributed by atoms with E-state index in [0.29, 0.717) is 17.4 Å². The summed E-state index contributed by atoms with van der Waals surface area (Å²) in [5.41, 5.74) is 0.425. The molecule has 3 rings (SSSR count). The van der Waals surface area contributed by atoms with E-state index in [0.717, 1.165) is 25.7 Å². The van der Waals surface area contributed by atoms with Crippen molar-refractivity contribution in [2.45, 2.75) is 38.2 Å². The molecule has 1 saturated heterocycles. The van der Waals surface area contributed by atoms with Crippen LogP contribution in [-0.2, 0) is 6.54 Å². The SMILES string of the molecule is CN=C(NCc1ccccc1OC(F)(F)F)NCC1CCN(C2CC2)C1. The van der Waals surface area contributed by atoms with Gasteiger partial charge in [-0.3, -0.25) is 4.99 Å². The highest BCUT2D eigenvalue weighted by molar-refractivity contribution is 5.79. The van der Waals surface area contributed by atoms with Crippen LogP contribution < -0.4 is 15.4 Å². The highest BCUT2D eigenvalue weighted by Gasteiger charge is 2.34. The van der Waals surface area contributed by atoms with Gasteiger partial charge in [-0.1, -0.05) is 18.2 Å². The molecule has 26 heavy (non-hydrogen) atoms. The molecule has 8 heteroatoms. The Bertz CT molecular complexity index is 631. The summed E-state index contributed by atoms with van der Waals surface area (Å²) < 4.78 is 41.5. The third kappa shape index (κ3) is 5.52. The van der Waals surface area contributed by atoms with Crippen molar-refractivity contribution < 1.29 is 17.9 Å². The van der Waals surface area contributed by atoms with Crippen LogP contribution in [0.1, 0.15) is 24.8 Å². The summed E-state index contributed by atoms with van der Waals surface area (Å²) in [4.78, 5) is 6.70. The monoisotopic (exact) mass is 370 g/mol. The first-order valence-corrected chi connectivity index (χ1v) is 8.97. The van der Waals surface area contributed by atoms with E-state index in [1.807, 2.05) is 0 Å². The molecule has 1 aliphatic heterocycles. The molecule has 0 bridgehead atoms. The zero-order valence-electron chi connectivity index (χ0n) is 14.9. The van der Waals surface area contributed by atoms with E-state index in [1.165, 1.54) is 31.4 Å². The van der Waals surface area contributed by atoms with Crippen LogP contribution in [0, 0.1) is 5.92 Å². The molecule has 0 radical (unpaired) electrons. The van der Waals surface area contributed by atoms with Crippen LogP contribution in [0.3, 0.4) is 0 Å². The van der Waals surface area contributed by atoms with Crippen LogP contribution in [0.4, 0.5) is 13.2 Å². The first-order valence-electron chi connectivity index (χ1n) is 8.97. The molecule has 144 valence electrons. The number of rotatable bonds is 6. The molecule has 1 aliphatic carbocycles. The number of nitrogens with zero attached hydrogens (tertiary/aromatic N) is 2. The maximum Gasteiger partial charge on any atom is 0.573 e. The summed E-state index contributed by atoms with van der Waals surface area (Å²) in [6.07, 6.45) is -0.889. The fraction of sp³-hybridized carbons (Fsp3) is 0.611. The predicted molar refractivity (Wildman–Crippen MR) is 94.0 cm³/mol. The van der Waals surface area contributed by atoms with Crippen molar-refractivity contribution in [2.24, 2.45) is 10.9 Å². The van der Waals surface area contributed by atoms with E-state index in [1.54, 1.807) is 19.2 Å². The summed E-state index contributed by atoms with van der Waals surface area (Å²) >= 11 is 0. The average molecular weight is 370 g/mol. The molecule has 5 nitrogen and oxygen atoms in total. The first kappa shape index (κ1) is 18.8. The smallest absolute Gasteiger partial charge is 0.405 e. The fourth-order valence-corrected chi connectivity index (χ4v) is 3.32. The lowest BCUT2D eigenvalue weighted by molar-refractivity contribution is -0.274. The molecule has 2 fully saturated rings. The summed E-state index contributed by atoms with van der Waals surface area (Å²) in [6.45, 7) is 3.27. The van der Waals surface area contributed by atoms with Gasteiger partial charge in [0, 0.05) is 38.3 Å². The zero-order valence-corrected chi connectivity index (χ0v) is 14.9.